The van der Waals surface area contributed by atoms with Crippen LogP contribution in [0.5, 0.6) is 0 Å². The van der Waals surface area contributed by atoms with Crippen molar-refractivity contribution in [2.75, 3.05) is 37.6 Å². The van der Waals surface area contributed by atoms with Gasteiger partial charge in [-0.15, -0.1) is 0 Å². The minimum Gasteiger partial charge on any atom is -0.459 e. The first kappa shape index (κ1) is 21.6. The Balaban J connectivity index is 1.44. The van der Waals surface area contributed by atoms with Gasteiger partial charge in [0.15, 0.2) is 23.4 Å². The molecule has 8 nitrogen and oxygen atoms in total. The number of furan rings is 1. The molecule has 0 aromatic carbocycles. The van der Waals surface area contributed by atoms with E-state index >= 15 is 0 Å². The quantitative estimate of drug-likeness (QED) is 0.347. The van der Waals surface area contributed by atoms with Gasteiger partial charge < -0.3 is 25.3 Å². The molecule has 1 amide bonds. The molecular formula is C21H29FN6O2. The number of pyridine rings is 1. The summed E-state index contributed by atoms with van der Waals surface area (Å²) >= 11 is 0. The van der Waals surface area contributed by atoms with Gasteiger partial charge >= 0.3 is 0 Å². The zero-order chi connectivity index (χ0) is 21.3. The average molecular weight is 417 g/mol. The predicted octanol–water partition coefficient (Wildman–Crippen LogP) is 2.08. The van der Waals surface area contributed by atoms with E-state index in [9.17, 15) is 9.18 Å². The number of aromatic nitrogens is 1. The van der Waals surface area contributed by atoms with E-state index in [0.29, 0.717) is 37.6 Å². The van der Waals surface area contributed by atoms with E-state index in [1.165, 1.54) is 12.3 Å². The van der Waals surface area contributed by atoms with Gasteiger partial charge in [0, 0.05) is 50.5 Å². The molecule has 162 valence electrons. The van der Waals surface area contributed by atoms with Crippen LogP contribution in [0, 0.1) is 12.7 Å². The number of hydrogen-bond donors (Lipinski definition) is 3. The summed E-state index contributed by atoms with van der Waals surface area (Å²) in [5.41, 5.74) is 0.820. The third-order valence-electron chi connectivity index (χ3n) is 4.87. The fourth-order valence-electron chi connectivity index (χ4n) is 3.35. The molecule has 0 bridgehead atoms. The predicted molar refractivity (Wildman–Crippen MR) is 114 cm³/mol. The summed E-state index contributed by atoms with van der Waals surface area (Å²) in [7, 11) is 0. The van der Waals surface area contributed by atoms with Crippen LogP contribution < -0.4 is 20.9 Å². The summed E-state index contributed by atoms with van der Waals surface area (Å²) in [5.74, 6) is 0.957. The molecule has 3 N–H and O–H groups in total. The van der Waals surface area contributed by atoms with Crippen molar-refractivity contribution in [1.29, 1.82) is 0 Å². The van der Waals surface area contributed by atoms with Crippen molar-refractivity contribution in [3.05, 3.63) is 47.8 Å². The summed E-state index contributed by atoms with van der Waals surface area (Å²) in [6.45, 7) is 7.07. The minimum absolute atomic E-state index is 0.158. The number of carbonyl (C=O) groups is 1. The monoisotopic (exact) mass is 416 g/mol. The second kappa shape index (κ2) is 10.6. The Morgan fingerprint density at radius 1 is 1.40 bits per heavy atom. The van der Waals surface area contributed by atoms with Crippen molar-refractivity contribution in [2.24, 2.45) is 4.99 Å². The van der Waals surface area contributed by atoms with Gasteiger partial charge in [-0.2, -0.15) is 0 Å². The Morgan fingerprint density at radius 2 is 2.27 bits per heavy atom. The number of hydrogen-bond acceptors (Lipinski definition) is 5. The van der Waals surface area contributed by atoms with E-state index in [4.69, 9.17) is 4.42 Å². The van der Waals surface area contributed by atoms with Crippen molar-refractivity contribution in [3.8, 4) is 0 Å². The zero-order valence-corrected chi connectivity index (χ0v) is 17.4. The van der Waals surface area contributed by atoms with Crippen LogP contribution in [0.3, 0.4) is 0 Å². The molecule has 0 saturated carbocycles. The summed E-state index contributed by atoms with van der Waals surface area (Å²) in [5, 5.41) is 9.49. The van der Waals surface area contributed by atoms with Crippen molar-refractivity contribution in [3.63, 3.8) is 0 Å². The standard InChI is InChI=1S/C21H29FN6O2/c1-3-23-21(26-11-5-10-25-20(29)18-15(2)8-13-30-18)27-16-7-12-28(14-16)19-17(22)6-4-9-24-19/h4,6,8-9,13,16H,3,5,7,10-12,14H2,1-2H3,(H,25,29)(H2,23,26,27). The lowest BCUT2D eigenvalue weighted by molar-refractivity contribution is 0.0925. The van der Waals surface area contributed by atoms with Crippen molar-refractivity contribution < 1.29 is 13.6 Å². The number of aryl methyl sites for hydroxylation is 1. The lowest BCUT2D eigenvalue weighted by Crippen LogP contribution is -2.44. The number of anilines is 1. The topological polar surface area (TPSA) is 94.8 Å². The summed E-state index contributed by atoms with van der Waals surface area (Å²) < 4.78 is 19.1. The van der Waals surface area contributed by atoms with Gasteiger partial charge in [-0.1, -0.05) is 0 Å². The van der Waals surface area contributed by atoms with Gasteiger partial charge in [0.2, 0.25) is 0 Å². The fourth-order valence-corrected chi connectivity index (χ4v) is 3.35. The van der Waals surface area contributed by atoms with Crippen molar-refractivity contribution in [1.82, 2.24) is 20.9 Å². The number of carbonyl (C=O) groups excluding carboxylic acids is 1. The Kier molecular flexibility index (Phi) is 7.64. The molecule has 0 spiro atoms. The number of amides is 1. The number of aliphatic imine (C=N–C) groups is 1. The smallest absolute Gasteiger partial charge is 0.287 e. The van der Waals surface area contributed by atoms with Crippen molar-refractivity contribution in [2.45, 2.75) is 32.7 Å². The van der Waals surface area contributed by atoms with Gasteiger partial charge in [-0.3, -0.25) is 9.79 Å². The number of halogens is 1. The lowest BCUT2D eigenvalue weighted by atomic mass is 10.2. The number of nitrogens with zero attached hydrogens (tertiary/aromatic N) is 3. The van der Waals surface area contributed by atoms with Crippen LogP contribution in [0.25, 0.3) is 0 Å². The molecule has 0 aliphatic carbocycles. The third kappa shape index (κ3) is 5.71. The molecule has 2 aromatic rings. The van der Waals surface area contributed by atoms with Crippen LogP contribution in [0.1, 0.15) is 35.9 Å². The third-order valence-corrected chi connectivity index (χ3v) is 4.87. The van der Waals surface area contributed by atoms with E-state index < -0.39 is 0 Å². The molecule has 2 aromatic heterocycles. The molecule has 1 fully saturated rings. The molecule has 1 aliphatic rings. The molecule has 1 aliphatic heterocycles. The van der Waals surface area contributed by atoms with E-state index in [2.05, 4.69) is 25.9 Å². The van der Waals surface area contributed by atoms with E-state index in [-0.39, 0.29) is 17.8 Å². The zero-order valence-electron chi connectivity index (χ0n) is 17.4. The van der Waals surface area contributed by atoms with E-state index in [1.807, 2.05) is 18.7 Å². The van der Waals surface area contributed by atoms with Crippen LogP contribution in [0.2, 0.25) is 0 Å². The Morgan fingerprint density at radius 3 is 3.00 bits per heavy atom. The maximum atomic E-state index is 14.0. The summed E-state index contributed by atoms with van der Waals surface area (Å²) in [4.78, 5) is 22.7. The highest BCUT2D eigenvalue weighted by Crippen LogP contribution is 2.20. The highest BCUT2D eigenvalue weighted by atomic mass is 19.1. The van der Waals surface area contributed by atoms with Gasteiger partial charge in [-0.25, -0.2) is 9.37 Å². The lowest BCUT2D eigenvalue weighted by Gasteiger charge is -2.20. The van der Waals surface area contributed by atoms with E-state index in [0.717, 1.165) is 31.0 Å². The minimum atomic E-state index is -0.300. The van der Waals surface area contributed by atoms with Crippen molar-refractivity contribution >= 4 is 17.7 Å². The molecular weight excluding hydrogens is 387 g/mol. The number of guanidine groups is 1. The first-order chi connectivity index (χ1) is 14.6. The van der Waals surface area contributed by atoms with Gasteiger partial charge in [-0.05, 0) is 44.9 Å². The summed E-state index contributed by atoms with van der Waals surface area (Å²) in [6, 6.07) is 4.95. The largest absolute Gasteiger partial charge is 0.459 e. The Hall–Kier alpha value is -3.10. The summed E-state index contributed by atoms with van der Waals surface area (Å²) in [6.07, 6.45) is 4.70. The molecule has 30 heavy (non-hydrogen) atoms. The highest BCUT2D eigenvalue weighted by molar-refractivity contribution is 5.92. The molecule has 0 radical (unpaired) electrons. The van der Waals surface area contributed by atoms with Crippen LogP contribution in [-0.4, -0.2) is 55.6 Å². The van der Waals surface area contributed by atoms with Gasteiger partial charge in [0.25, 0.3) is 5.91 Å². The maximum absolute atomic E-state index is 14.0. The van der Waals surface area contributed by atoms with Gasteiger partial charge in [0.1, 0.15) is 0 Å². The Bertz CT molecular complexity index is 869. The molecule has 9 heteroatoms. The second-order valence-electron chi connectivity index (χ2n) is 7.19. The first-order valence-corrected chi connectivity index (χ1v) is 10.3. The molecule has 1 saturated heterocycles. The SMILES string of the molecule is CCNC(=NCCCNC(=O)c1occc1C)NC1CCN(c2ncccc2F)C1. The number of rotatable bonds is 8. The first-order valence-electron chi connectivity index (χ1n) is 10.3. The normalized spacial score (nSPS) is 16.6. The maximum Gasteiger partial charge on any atom is 0.287 e. The molecule has 1 unspecified atom stereocenters. The van der Waals surface area contributed by atoms with Crippen LogP contribution in [0.15, 0.2) is 40.1 Å². The average Bonchev–Trinajstić information content (AvgIpc) is 3.37. The highest BCUT2D eigenvalue weighted by Gasteiger charge is 2.25. The number of nitrogens with one attached hydrogen (secondary N) is 3. The van der Waals surface area contributed by atoms with Gasteiger partial charge in [0.05, 0.1) is 6.26 Å². The molecule has 3 rings (SSSR count). The van der Waals surface area contributed by atoms with Crippen LogP contribution in [0.4, 0.5) is 10.2 Å². The Labute approximate surface area is 176 Å². The van der Waals surface area contributed by atoms with Crippen LogP contribution in [-0.2, 0) is 0 Å². The second-order valence-corrected chi connectivity index (χ2v) is 7.19. The van der Waals surface area contributed by atoms with E-state index in [1.54, 1.807) is 18.3 Å². The fraction of sp³-hybridized carbons (Fsp3) is 0.476. The molecule has 1 atom stereocenters. The molecule has 3 heterocycles. The van der Waals surface area contributed by atoms with Crippen LogP contribution >= 0.6 is 0 Å².